The lowest BCUT2D eigenvalue weighted by Gasteiger charge is -2.36. The van der Waals surface area contributed by atoms with Gasteiger partial charge in [0.05, 0.1) is 0 Å². The Morgan fingerprint density at radius 1 is 0.556 bits per heavy atom. The summed E-state index contributed by atoms with van der Waals surface area (Å²) in [6.45, 7) is 19.8. The van der Waals surface area contributed by atoms with Crippen molar-refractivity contribution in [2.24, 2.45) is 0 Å². The maximum absolute atomic E-state index is 6.60. The van der Waals surface area contributed by atoms with Gasteiger partial charge < -0.3 is 13.0 Å². The van der Waals surface area contributed by atoms with Crippen LogP contribution in [0.2, 0.25) is 13.1 Å². The van der Waals surface area contributed by atoms with Gasteiger partial charge in [-0.2, -0.15) is 0 Å². The van der Waals surface area contributed by atoms with Crippen molar-refractivity contribution in [2.75, 3.05) is 6.61 Å². The number of hydrogen-bond donors (Lipinski definition) is 0. The van der Waals surface area contributed by atoms with Gasteiger partial charge in [0, 0.05) is 12.7 Å². The predicted molar refractivity (Wildman–Crippen MR) is 165 cm³/mol. The highest BCUT2D eigenvalue weighted by Crippen LogP contribution is 2.24. The fourth-order valence-electron chi connectivity index (χ4n) is 4.74. The second kappa shape index (κ2) is 23.9. The van der Waals surface area contributed by atoms with Crippen LogP contribution < -0.4 is 0 Å². The molecule has 0 aliphatic carbocycles. The van der Waals surface area contributed by atoms with Crippen LogP contribution in [-0.2, 0) is 13.0 Å². The molecule has 0 radical (unpaired) electrons. The van der Waals surface area contributed by atoms with Crippen molar-refractivity contribution in [3.8, 4) is 0 Å². The SMILES string of the molecule is C=C[Si](C)(OCCCCCCCCCCCCCCCCC)O[Si](C)(C=C)OC(CCC)CCCC. The highest BCUT2D eigenvalue weighted by Gasteiger charge is 2.41. The van der Waals surface area contributed by atoms with E-state index in [-0.39, 0.29) is 6.10 Å². The Morgan fingerprint density at radius 3 is 1.42 bits per heavy atom. The number of hydrogen-bond acceptors (Lipinski definition) is 3. The highest BCUT2D eigenvalue weighted by molar-refractivity contribution is 6.84. The van der Waals surface area contributed by atoms with E-state index >= 15 is 0 Å². The largest absolute Gasteiger partial charge is 0.409 e. The summed E-state index contributed by atoms with van der Waals surface area (Å²) >= 11 is 0. The van der Waals surface area contributed by atoms with E-state index in [9.17, 15) is 0 Å². The van der Waals surface area contributed by atoms with E-state index in [0.717, 1.165) is 32.3 Å². The first-order chi connectivity index (χ1) is 17.4. The third kappa shape index (κ3) is 19.8. The van der Waals surface area contributed by atoms with Gasteiger partial charge in [-0.25, -0.2) is 0 Å². The average molecular weight is 541 g/mol. The Kier molecular flexibility index (Phi) is 23.7. The van der Waals surface area contributed by atoms with Crippen LogP contribution in [0.25, 0.3) is 0 Å². The van der Waals surface area contributed by atoms with Crippen LogP contribution in [-0.4, -0.2) is 29.8 Å². The van der Waals surface area contributed by atoms with Crippen LogP contribution in [0.3, 0.4) is 0 Å². The minimum absolute atomic E-state index is 0.253. The maximum Gasteiger partial charge on any atom is 0.352 e. The zero-order chi connectivity index (χ0) is 27.0. The summed E-state index contributed by atoms with van der Waals surface area (Å²) in [5.41, 5.74) is 3.84. The predicted octanol–water partition coefficient (Wildman–Crippen LogP) is 10.9. The summed E-state index contributed by atoms with van der Waals surface area (Å²) in [6, 6.07) is 0. The molecule has 0 aromatic rings. The lowest BCUT2D eigenvalue weighted by molar-refractivity contribution is 0.127. The molecule has 0 amide bonds. The molecular weight excluding hydrogens is 477 g/mol. The van der Waals surface area contributed by atoms with Crippen LogP contribution in [0.1, 0.15) is 149 Å². The Labute approximate surface area is 229 Å². The molecule has 0 fully saturated rings. The fraction of sp³-hybridized carbons (Fsp3) is 0.871. The maximum atomic E-state index is 6.60. The quantitative estimate of drug-likeness (QED) is 0.0729. The van der Waals surface area contributed by atoms with E-state index in [4.69, 9.17) is 13.0 Å². The van der Waals surface area contributed by atoms with Crippen molar-refractivity contribution in [1.82, 2.24) is 0 Å². The first-order valence-corrected chi connectivity index (χ1v) is 20.5. The molecule has 36 heavy (non-hydrogen) atoms. The smallest absolute Gasteiger partial charge is 0.352 e. The molecule has 0 aromatic heterocycles. The zero-order valence-electron chi connectivity index (χ0n) is 25.2. The minimum atomic E-state index is -2.51. The van der Waals surface area contributed by atoms with Gasteiger partial charge >= 0.3 is 17.1 Å². The molecule has 0 spiro atoms. The van der Waals surface area contributed by atoms with Crippen LogP contribution in [0, 0.1) is 0 Å². The molecule has 0 bridgehead atoms. The molecule has 214 valence electrons. The van der Waals surface area contributed by atoms with Gasteiger partial charge in [-0.1, -0.05) is 141 Å². The van der Waals surface area contributed by atoms with E-state index in [1.165, 1.54) is 103 Å². The molecule has 0 aliphatic heterocycles. The van der Waals surface area contributed by atoms with Crippen molar-refractivity contribution >= 4 is 17.1 Å². The molecule has 0 rings (SSSR count). The summed E-state index contributed by atoms with van der Waals surface area (Å²) in [4.78, 5) is 0. The van der Waals surface area contributed by atoms with E-state index in [1.54, 1.807) is 0 Å². The molecule has 0 aromatic carbocycles. The summed E-state index contributed by atoms with van der Waals surface area (Å²) in [7, 11) is -4.99. The van der Waals surface area contributed by atoms with Crippen LogP contribution in [0.5, 0.6) is 0 Å². The summed E-state index contributed by atoms with van der Waals surface area (Å²) < 4.78 is 19.5. The molecule has 3 atom stereocenters. The Balaban J connectivity index is 4.03. The van der Waals surface area contributed by atoms with Gasteiger partial charge in [0.1, 0.15) is 0 Å². The molecule has 3 unspecified atom stereocenters. The van der Waals surface area contributed by atoms with Gasteiger partial charge in [-0.15, -0.1) is 13.2 Å². The summed E-state index contributed by atoms with van der Waals surface area (Å²) in [5, 5.41) is 0. The molecule has 3 nitrogen and oxygen atoms in total. The lowest BCUT2D eigenvalue weighted by atomic mass is 10.0. The molecular formula is C31H64O3Si2. The van der Waals surface area contributed by atoms with Crippen molar-refractivity contribution in [3.63, 3.8) is 0 Å². The van der Waals surface area contributed by atoms with E-state index in [0.29, 0.717) is 0 Å². The van der Waals surface area contributed by atoms with Crippen molar-refractivity contribution in [3.05, 3.63) is 24.6 Å². The van der Waals surface area contributed by atoms with Gasteiger partial charge in [-0.05, 0) is 32.4 Å². The Hall–Kier alpha value is -0.206. The van der Waals surface area contributed by atoms with Gasteiger partial charge in [-0.3, -0.25) is 0 Å². The van der Waals surface area contributed by atoms with Crippen LogP contribution in [0.15, 0.2) is 24.6 Å². The van der Waals surface area contributed by atoms with Gasteiger partial charge in [0.15, 0.2) is 0 Å². The molecule has 0 saturated heterocycles. The Bertz CT molecular complexity index is 516. The minimum Gasteiger partial charge on any atom is -0.409 e. The normalized spacial score (nSPS) is 15.8. The lowest BCUT2D eigenvalue weighted by Crippen LogP contribution is -2.51. The fourth-order valence-corrected chi connectivity index (χ4v) is 10.7. The monoisotopic (exact) mass is 540 g/mol. The molecule has 0 aliphatic rings. The Morgan fingerprint density at radius 2 is 1.00 bits per heavy atom. The summed E-state index contributed by atoms with van der Waals surface area (Å²) in [5.74, 6) is 0. The van der Waals surface area contributed by atoms with Crippen molar-refractivity contribution < 1.29 is 13.0 Å². The standard InChI is InChI=1S/C31H64O3Si2/c1-8-13-15-16-17-18-19-20-21-22-23-24-25-26-27-30-32-35(6,11-4)34-36(7,12-5)33-31(28-10-3)29-14-9-2/h11-12,31H,4-5,8-10,13-30H2,1-3,6-7H3. The van der Waals surface area contributed by atoms with Gasteiger partial charge in [0.2, 0.25) is 0 Å². The van der Waals surface area contributed by atoms with Crippen molar-refractivity contribution in [2.45, 2.75) is 168 Å². The topological polar surface area (TPSA) is 27.7 Å². The number of rotatable bonds is 28. The molecule has 0 saturated carbocycles. The first kappa shape index (κ1) is 35.8. The van der Waals surface area contributed by atoms with Gasteiger partial charge in [0.25, 0.3) is 0 Å². The molecule has 0 N–H and O–H groups in total. The van der Waals surface area contributed by atoms with Crippen LogP contribution >= 0.6 is 0 Å². The second-order valence-electron chi connectivity index (χ2n) is 11.0. The van der Waals surface area contributed by atoms with Crippen molar-refractivity contribution in [1.29, 1.82) is 0 Å². The highest BCUT2D eigenvalue weighted by atomic mass is 28.5. The molecule has 0 heterocycles. The third-order valence-electron chi connectivity index (χ3n) is 7.17. The first-order valence-electron chi connectivity index (χ1n) is 15.7. The summed E-state index contributed by atoms with van der Waals surface area (Å²) in [6.07, 6.45) is 26.6. The van der Waals surface area contributed by atoms with E-state index in [1.807, 2.05) is 11.4 Å². The number of unbranched alkanes of at least 4 members (excludes halogenated alkanes) is 15. The molecule has 5 heteroatoms. The van der Waals surface area contributed by atoms with E-state index < -0.39 is 17.1 Å². The second-order valence-corrected chi connectivity index (χ2v) is 17.2. The third-order valence-corrected chi connectivity index (χ3v) is 13.5. The zero-order valence-corrected chi connectivity index (χ0v) is 27.2. The van der Waals surface area contributed by atoms with Crippen LogP contribution in [0.4, 0.5) is 0 Å². The average Bonchev–Trinajstić information content (AvgIpc) is 2.87. The van der Waals surface area contributed by atoms with E-state index in [2.05, 4.69) is 47.0 Å².